The third-order valence-electron chi connectivity index (χ3n) is 4.24. The molecule has 0 saturated heterocycles. The maximum absolute atomic E-state index is 12.7. The standard InChI is InChI=1S/C20H23N3O3S3/c1-13(2)14-6-8-15(9-7-14)19(17-5-4-10-27-17)22-18(24)11-16-12-28-20(21-16)23-29(3,25)26/h4-10,12-13,19H,11H2,1-3H3,(H,21,23)(H,22,24)/t19-/m1/s1. The second kappa shape index (κ2) is 9.06. The second-order valence-electron chi connectivity index (χ2n) is 7.03. The molecule has 3 rings (SSSR count). The fourth-order valence-corrected chi connectivity index (χ4v) is 5.18. The molecule has 0 aliphatic rings. The zero-order valence-electron chi connectivity index (χ0n) is 16.4. The summed E-state index contributed by atoms with van der Waals surface area (Å²) < 4.78 is 24.9. The van der Waals surface area contributed by atoms with Gasteiger partial charge in [-0.25, -0.2) is 13.4 Å². The number of carbonyl (C=O) groups is 1. The fraction of sp³-hybridized carbons (Fsp3) is 0.300. The highest BCUT2D eigenvalue weighted by molar-refractivity contribution is 7.92. The summed E-state index contributed by atoms with van der Waals surface area (Å²) in [5.74, 6) is 0.269. The first-order chi connectivity index (χ1) is 13.7. The average molecular weight is 450 g/mol. The van der Waals surface area contributed by atoms with Gasteiger partial charge in [0.2, 0.25) is 15.9 Å². The molecule has 29 heavy (non-hydrogen) atoms. The van der Waals surface area contributed by atoms with E-state index in [0.29, 0.717) is 11.6 Å². The number of hydrogen-bond acceptors (Lipinski definition) is 6. The number of sulfonamides is 1. The Bertz CT molecular complexity index is 1060. The quantitative estimate of drug-likeness (QED) is 0.541. The van der Waals surface area contributed by atoms with Gasteiger partial charge in [0.15, 0.2) is 5.13 Å². The largest absolute Gasteiger partial charge is 0.344 e. The molecule has 2 N–H and O–H groups in total. The topological polar surface area (TPSA) is 88.2 Å². The second-order valence-corrected chi connectivity index (χ2v) is 10.6. The lowest BCUT2D eigenvalue weighted by atomic mass is 9.98. The molecule has 0 unspecified atom stereocenters. The van der Waals surface area contributed by atoms with Gasteiger partial charge in [-0.3, -0.25) is 9.52 Å². The molecular formula is C20H23N3O3S3. The minimum Gasteiger partial charge on any atom is -0.344 e. The van der Waals surface area contributed by atoms with Crippen LogP contribution in [0.1, 0.15) is 47.5 Å². The zero-order valence-corrected chi connectivity index (χ0v) is 18.8. The van der Waals surface area contributed by atoms with Gasteiger partial charge in [-0.2, -0.15) is 0 Å². The predicted octanol–water partition coefficient (Wildman–Crippen LogP) is 4.15. The van der Waals surface area contributed by atoms with Crippen LogP contribution >= 0.6 is 22.7 Å². The lowest BCUT2D eigenvalue weighted by Gasteiger charge is -2.19. The fourth-order valence-electron chi connectivity index (χ4n) is 2.82. The van der Waals surface area contributed by atoms with E-state index in [-0.39, 0.29) is 23.5 Å². The number of rotatable bonds is 8. The molecule has 2 heterocycles. The van der Waals surface area contributed by atoms with Crippen LogP contribution < -0.4 is 10.0 Å². The Hall–Kier alpha value is -2.23. The van der Waals surface area contributed by atoms with Crippen molar-refractivity contribution in [1.29, 1.82) is 0 Å². The number of thiazole rings is 1. The molecule has 0 spiro atoms. The van der Waals surface area contributed by atoms with Gasteiger partial charge in [0, 0.05) is 10.3 Å². The van der Waals surface area contributed by atoms with E-state index in [1.165, 1.54) is 5.56 Å². The van der Waals surface area contributed by atoms with Crippen LogP contribution in [0.2, 0.25) is 0 Å². The van der Waals surface area contributed by atoms with Crippen LogP contribution in [-0.4, -0.2) is 25.6 Å². The first-order valence-electron chi connectivity index (χ1n) is 9.06. The highest BCUT2D eigenvalue weighted by Crippen LogP contribution is 2.28. The van der Waals surface area contributed by atoms with Crippen molar-refractivity contribution in [3.05, 3.63) is 68.9 Å². The molecule has 6 nitrogen and oxygen atoms in total. The molecule has 0 aliphatic carbocycles. The van der Waals surface area contributed by atoms with Gasteiger partial charge in [0.1, 0.15) is 0 Å². The van der Waals surface area contributed by atoms with Gasteiger partial charge in [0.05, 0.1) is 24.4 Å². The normalized spacial score (nSPS) is 12.7. The molecule has 1 aromatic carbocycles. The van der Waals surface area contributed by atoms with Gasteiger partial charge in [-0.1, -0.05) is 44.2 Å². The van der Waals surface area contributed by atoms with Gasteiger partial charge in [-0.05, 0) is 28.5 Å². The van der Waals surface area contributed by atoms with E-state index in [0.717, 1.165) is 28.0 Å². The van der Waals surface area contributed by atoms with E-state index in [1.54, 1.807) is 16.7 Å². The number of aromatic nitrogens is 1. The van der Waals surface area contributed by atoms with Crippen LogP contribution in [-0.2, 0) is 21.2 Å². The zero-order chi connectivity index (χ0) is 21.0. The molecule has 9 heteroatoms. The lowest BCUT2D eigenvalue weighted by Crippen LogP contribution is -2.30. The van der Waals surface area contributed by atoms with E-state index in [9.17, 15) is 13.2 Å². The summed E-state index contributed by atoms with van der Waals surface area (Å²) in [5, 5.41) is 7.02. The summed E-state index contributed by atoms with van der Waals surface area (Å²) >= 11 is 2.75. The molecule has 154 valence electrons. The summed E-state index contributed by atoms with van der Waals surface area (Å²) in [6.45, 7) is 4.29. The van der Waals surface area contributed by atoms with Crippen molar-refractivity contribution in [2.45, 2.75) is 32.2 Å². The summed E-state index contributed by atoms with van der Waals surface area (Å²) in [7, 11) is -3.39. The van der Waals surface area contributed by atoms with Crippen molar-refractivity contribution < 1.29 is 13.2 Å². The Morgan fingerprint density at radius 2 is 1.79 bits per heavy atom. The van der Waals surface area contributed by atoms with Crippen molar-refractivity contribution in [2.24, 2.45) is 0 Å². The van der Waals surface area contributed by atoms with E-state index in [1.807, 2.05) is 17.5 Å². The summed E-state index contributed by atoms with van der Waals surface area (Å²) in [6, 6.07) is 12.0. The average Bonchev–Trinajstić information content (AvgIpc) is 3.30. The van der Waals surface area contributed by atoms with Gasteiger partial charge < -0.3 is 5.32 Å². The monoisotopic (exact) mass is 449 g/mol. The lowest BCUT2D eigenvalue weighted by molar-refractivity contribution is -0.121. The number of nitrogens with one attached hydrogen (secondary N) is 2. The SMILES string of the molecule is CC(C)c1ccc([C@@H](NC(=O)Cc2csc(NS(C)(=O)=O)n2)c2cccs2)cc1. The number of benzene rings is 1. The first kappa shape index (κ1) is 21.5. The van der Waals surface area contributed by atoms with E-state index < -0.39 is 10.0 Å². The number of hydrogen-bond donors (Lipinski definition) is 2. The van der Waals surface area contributed by atoms with E-state index in [4.69, 9.17) is 0 Å². The first-order valence-corrected chi connectivity index (χ1v) is 12.7. The summed E-state index contributed by atoms with van der Waals surface area (Å²) in [6.07, 6.45) is 1.14. The molecule has 2 aromatic heterocycles. The predicted molar refractivity (Wildman–Crippen MR) is 119 cm³/mol. The van der Waals surface area contributed by atoms with Crippen molar-refractivity contribution in [3.63, 3.8) is 0 Å². The third-order valence-corrected chi connectivity index (χ3v) is 6.67. The minimum atomic E-state index is -3.39. The molecular weight excluding hydrogens is 426 g/mol. The van der Waals surface area contributed by atoms with Crippen LogP contribution in [0.3, 0.4) is 0 Å². The van der Waals surface area contributed by atoms with Crippen molar-refractivity contribution in [3.8, 4) is 0 Å². The number of nitrogens with zero attached hydrogens (tertiary/aromatic N) is 1. The van der Waals surface area contributed by atoms with E-state index in [2.05, 4.69) is 53.1 Å². The molecule has 3 aromatic rings. The Kier molecular flexibility index (Phi) is 6.71. The van der Waals surface area contributed by atoms with Gasteiger partial charge >= 0.3 is 0 Å². The highest BCUT2D eigenvalue weighted by atomic mass is 32.2. The van der Waals surface area contributed by atoms with E-state index >= 15 is 0 Å². The maximum atomic E-state index is 12.7. The van der Waals surface area contributed by atoms with Crippen LogP contribution in [0.5, 0.6) is 0 Å². The van der Waals surface area contributed by atoms with Crippen LogP contribution in [0.4, 0.5) is 5.13 Å². The molecule has 0 bridgehead atoms. The molecule has 0 fully saturated rings. The number of thiophene rings is 1. The van der Waals surface area contributed by atoms with Crippen molar-refractivity contribution in [1.82, 2.24) is 10.3 Å². The number of carbonyl (C=O) groups excluding carboxylic acids is 1. The van der Waals surface area contributed by atoms with Gasteiger partial charge in [0.25, 0.3) is 0 Å². The Balaban J connectivity index is 1.74. The minimum absolute atomic E-state index is 0.0773. The molecule has 1 amide bonds. The van der Waals surface area contributed by atoms with Gasteiger partial charge in [-0.15, -0.1) is 22.7 Å². The van der Waals surface area contributed by atoms with Crippen LogP contribution in [0, 0.1) is 0 Å². The molecule has 0 saturated carbocycles. The Morgan fingerprint density at radius 1 is 1.10 bits per heavy atom. The highest BCUT2D eigenvalue weighted by Gasteiger charge is 2.19. The summed E-state index contributed by atoms with van der Waals surface area (Å²) in [5.41, 5.74) is 2.79. The molecule has 1 atom stereocenters. The van der Waals surface area contributed by atoms with Crippen molar-refractivity contribution in [2.75, 3.05) is 11.0 Å². The summed E-state index contributed by atoms with van der Waals surface area (Å²) in [4.78, 5) is 17.9. The number of anilines is 1. The number of amides is 1. The Labute approximate surface area is 179 Å². The van der Waals surface area contributed by atoms with Crippen LogP contribution in [0.25, 0.3) is 0 Å². The maximum Gasteiger partial charge on any atom is 0.231 e. The molecule has 0 radical (unpaired) electrons. The third kappa shape index (κ3) is 6.12. The molecule has 0 aliphatic heterocycles. The Morgan fingerprint density at radius 3 is 2.38 bits per heavy atom. The smallest absolute Gasteiger partial charge is 0.231 e. The van der Waals surface area contributed by atoms with Crippen LogP contribution in [0.15, 0.2) is 47.2 Å². The van der Waals surface area contributed by atoms with Crippen molar-refractivity contribution >= 4 is 43.7 Å².